The lowest BCUT2D eigenvalue weighted by molar-refractivity contribution is -0.229. The van der Waals surface area contributed by atoms with Gasteiger partial charge in [0.25, 0.3) is 0 Å². The van der Waals surface area contributed by atoms with Crippen molar-refractivity contribution in [2.75, 3.05) is 76.8 Å². The van der Waals surface area contributed by atoms with Crippen molar-refractivity contribution < 1.29 is 33.5 Å². The van der Waals surface area contributed by atoms with Crippen molar-refractivity contribution >= 4 is 46.7 Å². The van der Waals surface area contributed by atoms with E-state index in [9.17, 15) is 9.59 Å². The number of rotatable bonds is 13. The van der Waals surface area contributed by atoms with E-state index in [2.05, 4.69) is 30.7 Å². The molecule has 0 aliphatic carbocycles. The van der Waals surface area contributed by atoms with Crippen molar-refractivity contribution in [3.8, 4) is 28.5 Å². The minimum Gasteiger partial charge on any atom is -0.464 e. The van der Waals surface area contributed by atoms with Crippen molar-refractivity contribution in [2.45, 2.75) is 44.2 Å². The monoisotopic (exact) mass is 855 g/mol. The number of aromatic nitrogens is 4. The SMILES string of the molecule is Nc1ncnc2c1c(-c1ccc(Oc3ccccc3)cc1)nn2C1CCN(CCCCC(=O)N2CCN(CC(=O)Nc3cc4c(c5c3C=C(C3CCONO3)N=5)=COCO4)CC2)C1. The molecule has 18 heteroatoms. The molecule has 5 aliphatic rings. The van der Waals surface area contributed by atoms with Crippen LogP contribution in [0.3, 0.4) is 0 Å². The molecule has 18 nitrogen and oxygen atoms in total. The second kappa shape index (κ2) is 18.1. The highest BCUT2D eigenvalue weighted by atomic mass is 16.9. The van der Waals surface area contributed by atoms with Gasteiger partial charge >= 0.3 is 0 Å². The van der Waals surface area contributed by atoms with Crippen LogP contribution in [-0.2, 0) is 24.0 Å². The number of benzene rings is 3. The molecule has 2 unspecified atom stereocenters. The molecule has 0 spiro atoms. The van der Waals surface area contributed by atoms with Crippen LogP contribution in [0.4, 0.5) is 11.5 Å². The summed E-state index contributed by atoms with van der Waals surface area (Å²) in [5, 5.41) is 10.3. The number of para-hydroxylation sites is 1. The first-order valence-corrected chi connectivity index (χ1v) is 21.5. The van der Waals surface area contributed by atoms with Gasteiger partial charge in [0.1, 0.15) is 47.5 Å². The van der Waals surface area contributed by atoms with Crippen molar-refractivity contribution in [2.24, 2.45) is 4.99 Å². The molecule has 2 atom stereocenters. The van der Waals surface area contributed by atoms with Crippen LogP contribution in [0.2, 0.25) is 0 Å². The Morgan fingerprint density at radius 3 is 2.62 bits per heavy atom. The molecule has 7 heterocycles. The number of carbonyl (C=O) groups is 2. The van der Waals surface area contributed by atoms with Crippen LogP contribution >= 0.6 is 0 Å². The molecule has 3 saturated heterocycles. The quantitative estimate of drug-likeness (QED) is 0.146. The van der Waals surface area contributed by atoms with Crippen LogP contribution < -0.4 is 36.7 Å². The molecule has 2 amide bonds. The van der Waals surface area contributed by atoms with E-state index < -0.39 is 0 Å². The number of anilines is 2. The van der Waals surface area contributed by atoms with Gasteiger partial charge in [0.05, 0.1) is 46.5 Å². The van der Waals surface area contributed by atoms with Gasteiger partial charge in [-0.15, -0.1) is 0 Å². The predicted molar refractivity (Wildman–Crippen MR) is 232 cm³/mol. The maximum atomic E-state index is 13.4. The van der Waals surface area contributed by atoms with Crippen molar-refractivity contribution in [1.29, 1.82) is 0 Å². The first kappa shape index (κ1) is 40.6. The minimum absolute atomic E-state index is 0.0809. The summed E-state index contributed by atoms with van der Waals surface area (Å²) in [6, 6.07) is 19.5. The lowest BCUT2D eigenvalue weighted by Crippen LogP contribution is -2.50. The Hall–Kier alpha value is -6.44. The third-order valence-corrected chi connectivity index (χ3v) is 12.1. The third kappa shape index (κ3) is 8.80. The van der Waals surface area contributed by atoms with Gasteiger partial charge in [-0.3, -0.25) is 24.2 Å². The molecule has 326 valence electrons. The zero-order valence-corrected chi connectivity index (χ0v) is 34.8. The van der Waals surface area contributed by atoms with E-state index in [1.54, 1.807) is 6.26 Å². The fraction of sp³-hybridized carbons (Fsp3) is 0.378. The summed E-state index contributed by atoms with van der Waals surface area (Å²) >= 11 is 0. The van der Waals surface area contributed by atoms with E-state index in [-0.39, 0.29) is 37.3 Å². The number of piperazine rings is 1. The normalized spacial score (nSPS) is 19.9. The Morgan fingerprint density at radius 2 is 1.79 bits per heavy atom. The second-order valence-electron chi connectivity index (χ2n) is 16.2. The number of likely N-dealkylation sites (tertiary alicyclic amines) is 1. The van der Waals surface area contributed by atoms with Crippen LogP contribution in [0.1, 0.15) is 43.7 Å². The predicted octanol–water partition coefficient (Wildman–Crippen LogP) is 3.37. The van der Waals surface area contributed by atoms with Crippen molar-refractivity contribution in [3.63, 3.8) is 0 Å². The Morgan fingerprint density at radius 1 is 0.952 bits per heavy atom. The maximum Gasteiger partial charge on any atom is 0.238 e. The van der Waals surface area contributed by atoms with Gasteiger partial charge in [0.15, 0.2) is 5.65 Å². The number of carbonyl (C=O) groups excluding carboxylic acids is 2. The molecule has 10 rings (SSSR count). The zero-order valence-electron chi connectivity index (χ0n) is 34.8. The Bertz CT molecular complexity index is 2640. The average Bonchev–Trinajstić information content (AvgIpc) is 4.08. The third-order valence-electron chi connectivity index (χ3n) is 12.1. The summed E-state index contributed by atoms with van der Waals surface area (Å²) in [6.07, 6.45) is 8.55. The maximum absolute atomic E-state index is 13.4. The Balaban J connectivity index is 0.684. The van der Waals surface area contributed by atoms with Crippen LogP contribution in [0.5, 0.6) is 17.2 Å². The van der Waals surface area contributed by atoms with E-state index in [0.717, 1.165) is 89.2 Å². The van der Waals surface area contributed by atoms with E-state index >= 15 is 0 Å². The van der Waals surface area contributed by atoms with Gasteiger partial charge in [-0.05, 0) is 68.3 Å². The van der Waals surface area contributed by atoms with Crippen molar-refractivity contribution in [3.05, 3.63) is 88.8 Å². The number of nitrogens with one attached hydrogen (secondary N) is 2. The molecular formula is C45H49N11O7. The molecule has 5 aromatic rings. The van der Waals surface area contributed by atoms with E-state index in [1.807, 2.05) is 76.3 Å². The summed E-state index contributed by atoms with van der Waals surface area (Å²) in [6.45, 7) is 5.84. The fourth-order valence-electron chi connectivity index (χ4n) is 8.83. The standard InChI is InChI=1S/C45H49N11O7/c46-44-41-42(29-9-11-32(12-10-29)62-31-6-2-1-3-7-31)51-56(45(41)48-27-47-44)30-13-16-53(24-30)15-5-4-8-40(58)55-19-17-54(18-20-55)25-39(57)49-35-23-38-34(26-59-28-60-38)43-33(35)22-36(50-43)37-14-21-61-52-63-37/h1-3,6-7,9-12,22-23,26-27,30,37,52H,4-5,8,13-21,24-25,28H2,(H,49,57)(H2,46,47,48). The number of nitrogen functional groups attached to an aromatic ring is 1. The van der Waals surface area contributed by atoms with Gasteiger partial charge < -0.3 is 35.1 Å². The first-order valence-electron chi connectivity index (χ1n) is 21.5. The van der Waals surface area contributed by atoms with Gasteiger partial charge in [-0.1, -0.05) is 23.8 Å². The van der Waals surface area contributed by atoms with Crippen LogP contribution in [0.15, 0.2) is 77.7 Å². The molecule has 3 aromatic carbocycles. The lowest BCUT2D eigenvalue weighted by Gasteiger charge is -2.34. The van der Waals surface area contributed by atoms with E-state index in [1.165, 1.54) is 6.33 Å². The Kier molecular flexibility index (Phi) is 11.7. The summed E-state index contributed by atoms with van der Waals surface area (Å²) in [7, 11) is 0. The number of amides is 2. The van der Waals surface area contributed by atoms with Gasteiger partial charge in [0.2, 0.25) is 18.6 Å². The van der Waals surface area contributed by atoms with E-state index in [0.29, 0.717) is 68.2 Å². The molecule has 0 bridgehead atoms. The highest BCUT2D eigenvalue weighted by Gasteiger charge is 2.30. The molecule has 5 aliphatic heterocycles. The average molecular weight is 856 g/mol. The van der Waals surface area contributed by atoms with Gasteiger partial charge in [-0.25, -0.2) is 19.6 Å². The zero-order chi connectivity index (χ0) is 42.7. The minimum atomic E-state index is -0.299. The molecule has 4 N–H and O–H groups in total. The van der Waals surface area contributed by atoms with Crippen LogP contribution in [0, 0.1) is 0 Å². The molecule has 63 heavy (non-hydrogen) atoms. The topological polar surface area (TPSA) is 196 Å². The number of fused-ring (bicyclic) bond motifs is 4. The fourth-order valence-corrected chi connectivity index (χ4v) is 8.83. The second-order valence-corrected chi connectivity index (χ2v) is 16.2. The van der Waals surface area contributed by atoms with E-state index in [4.69, 9.17) is 39.7 Å². The summed E-state index contributed by atoms with van der Waals surface area (Å²) in [5.74, 6) is 2.49. The Labute approximate surface area is 362 Å². The van der Waals surface area contributed by atoms with Crippen molar-refractivity contribution in [1.82, 2.24) is 40.1 Å². The number of ether oxygens (including phenoxy) is 3. The molecule has 3 fully saturated rings. The number of hydrogen-bond acceptors (Lipinski definition) is 15. The first-order chi connectivity index (χ1) is 30.9. The molecule has 0 radical (unpaired) electrons. The molecular weight excluding hydrogens is 807 g/mol. The molecule has 2 aromatic heterocycles. The van der Waals surface area contributed by atoms with Crippen LogP contribution in [0.25, 0.3) is 34.6 Å². The number of nitrogens with zero attached hydrogens (tertiary/aromatic N) is 8. The largest absolute Gasteiger partial charge is 0.464 e. The highest BCUT2D eigenvalue weighted by Crippen LogP contribution is 2.35. The van der Waals surface area contributed by atoms with Crippen LogP contribution in [-0.4, -0.2) is 118 Å². The summed E-state index contributed by atoms with van der Waals surface area (Å²) < 4.78 is 19.2. The smallest absolute Gasteiger partial charge is 0.238 e. The van der Waals surface area contributed by atoms with Gasteiger partial charge in [-0.2, -0.15) is 5.10 Å². The number of unbranched alkanes of at least 4 members (excludes halogenated alkanes) is 1. The number of nitrogens with two attached hydrogens (primary N) is 1. The lowest BCUT2D eigenvalue weighted by atomic mass is 10.1. The van der Waals surface area contributed by atoms with Gasteiger partial charge in [0, 0.05) is 69.3 Å². The summed E-state index contributed by atoms with van der Waals surface area (Å²) in [4.78, 5) is 57.5. The molecule has 0 saturated carbocycles. The highest BCUT2D eigenvalue weighted by molar-refractivity contribution is 5.98. The summed E-state index contributed by atoms with van der Waals surface area (Å²) in [5.41, 5.74) is 13.4. The number of hydrogen-bond donors (Lipinski definition) is 3.